The average Bonchev–Trinajstić information content (AvgIpc) is 2.84. The van der Waals surface area contributed by atoms with Crippen molar-refractivity contribution in [1.82, 2.24) is 10.7 Å². The molecule has 1 unspecified atom stereocenters. The third-order valence-corrected chi connectivity index (χ3v) is 5.41. The van der Waals surface area contributed by atoms with Crippen molar-refractivity contribution in [2.75, 3.05) is 7.11 Å². The average molecular weight is 524 g/mol. The van der Waals surface area contributed by atoms with E-state index in [2.05, 4.69) is 31.8 Å². The first-order valence-corrected chi connectivity index (χ1v) is 11.4. The van der Waals surface area contributed by atoms with Gasteiger partial charge in [-0.2, -0.15) is 5.10 Å². The molecule has 0 radical (unpaired) electrons. The first-order valence-electron chi connectivity index (χ1n) is 10.7. The van der Waals surface area contributed by atoms with Gasteiger partial charge in [0.05, 0.1) is 19.7 Å². The Labute approximate surface area is 207 Å². The van der Waals surface area contributed by atoms with Crippen LogP contribution in [0.4, 0.5) is 0 Å². The van der Waals surface area contributed by atoms with Gasteiger partial charge in [-0.15, -0.1) is 0 Å². The number of hydrogen-bond acceptors (Lipinski definition) is 5. The van der Waals surface area contributed by atoms with Crippen molar-refractivity contribution in [1.29, 1.82) is 0 Å². The second-order valence-corrected chi connectivity index (χ2v) is 8.45. The van der Waals surface area contributed by atoms with E-state index in [1.807, 2.05) is 60.7 Å². The highest BCUT2D eigenvalue weighted by Crippen LogP contribution is 2.15. The van der Waals surface area contributed by atoms with E-state index in [4.69, 9.17) is 9.47 Å². The molecule has 7 nitrogen and oxygen atoms in total. The van der Waals surface area contributed by atoms with Gasteiger partial charge in [0.1, 0.15) is 24.1 Å². The molecule has 0 spiro atoms. The van der Waals surface area contributed by atoms with Crippen LogP contribution < -0.4 is 20.2 Å². The number of nitrogens with zero attached hydrogens (tertiary/aromatic N) is 1. The number of carbonyl (C=O) groups is 2. The van der Waals surface area contributed by atoms with Crippen molar-refractivity contribution in [3.8, 4) is 11.5 Å². The number of carbonyl (C=O) groups excluding carboxylic acids is 2. The van der Waals surface area contributed by atoms with E-state index in [1.165, 1.54) is 6.21 Å². The minimum Gasteiger partial charge on any atom is -0.497 e. The summed E-state index contributed by atoms with van der Waals surface area (Å²) in [6, 6.07) is 21.8. The van der Waals surface area contributed by atoms with Crippen molar-refractivity contribution in [2.45, 2.75) is 26.0 Å². The highest BCUT2D eigenvalue weighted by Gasteiger charge is 2.15. The molecule has 0 heterocycles. The third-order valence-electron chi connectivity index (χ3n) is 4.88. The molecule has 0 bridgehead atoms. The van der Waals surface area contributed by atoms with Gasteiger partial charge in [0.2, 0.25) is 5.91 Å². The second kappa shape index (κ2) is 12.6. The van der Waals surface area contributed by atoms with Crippen LogP contribution >= 0.6 is 15.9 Å². The minimum atomic E-state index is -0.725. The van der Waals surface area contributed by atoms with Gasteiger partial charge in [0.25, 0.3) is 5.91 Å². The Morgan fingerprint density at radius 3 is 2.21 bits per heavy atom. The first kappa shape index (κ1) is 25.0. The lowest BCUT2D eigenvalue weighted by atomic mass is 10.1. The van der Waals surface area contributed by atoms with Gasteiger partial charge in [-0.25, -0.2) is 5.43 Å². The maximum absolute atomic E-state index is 12.2. The fourth-order valence-electron chi connectivity index (χ4n) is 2.95. The SMILES string of the molecule is COc1ccc(CC(=O)NC(C)C(=O)NN=Cc2ccc(OCc3ccc(Br)cc3)cc2)cc1. The van der Waals surface area contributed by atoms with Crippen LogP contribution in [0.3, 0.4) is 0 Å². The monoisotopic (exact) mass is 523 g/mol. The van der Waals surface area contributed by atoms with E-state index in [1.54, 1.807) is 26.2 Å². The number of nitrogens with one attached hydrogen (secondary N) is 2. The van der Waals surface area contributed by atoms with E-state index >= 15 is 0 Å². The molecule has 0 aliphatic rings. The largest absolute Gasteiger partial charge is 0.497 e. The van der Waals surface area contributed by atoms with Crippen molar-refractivity contribution in [3.05, 3.63) is 94.0 Å². The molecule has 8 heteroatoms. The summed E-state index contributed by atoms with van der Waals surface area (Å²) in [7, 11) is 1.58. The summed E-state index contributed by atoms with van der Waals surface area (Å²) in [5, 5.41) is 6.64. The van der Waals surface area contributed by atoms with Gasteiger partial charge >= 0.3 is 0 Å². The lowest BCUT2D eigenvalue weighted by molar-refractivity contribution is -0.128. The summed E-state index contributed by atoms with van der Waals surface area (Å²) in [6.07, 6.45) is 1.70. The van der Waals surface area contributed by atoms with E-state index in [0.29, 0.717) is 6.61 Å². The zero-order valence-electron chi connectivity index (χ0n) is 19.0. The van der Waals surface area contributed by atoms with Gasteiger partial charge in [-0.1, -0.05) is 40.2 Å². The molecular formula is C26H26BrN3O4. The zero-order valence-corrected chi connectivity index (χ0v) is 20.5. The van der Waals surface area contributed by atoms with E-state index < -0.39 is 11.9 Å². The Morgan fingerprint density at radius 1 is 0.941 bits per heavy atom. The number of ether oxygens (including phenoxy) is 2. The quantitative estimate of drug-likeness (QED) is 0.307. The summed E-state index contributed by atoms with van der Waals surface area (Å²) < 4.78 is 11.9. The lowest BCUT2D eigenvalue weighted by Gasteiger charge is -2.12. The topological polar surface area (TPSA) is 89.0 Å². The molecule has 0 aromatic heterocycles. The summed E-state index contributed by atoms with van der Waals surface area (Å²) in [6.45, 7) is 2.08. The Morgan fingerprint density at radius 2 is 1.56 bits per heavy atom. The number of hydrazone groups is 1. The molecule has 2 N–H and O–H groups in total. The number of amides is 2. The van der Waals surface area contributed by atoms with E-state index in [9.17, 15) is 9.59 Å². The van der Waals surface area contributed by atoms with Gasteiger partial charge in [-0.3, -0.25) is 9.59 Å². The van der Waals surface area contributed by atoms with Crippen LogP contribution in [0, 0.1) is 0 Å². The Hall–Kier alpha value is -3.65. The molecule has 34 heavy (non-hydrogen) atoms. The zero-order chi connectivity index (χ0) is 24.3. The normalized spacial score (nSPS) is 11.6. The molecule has 0 saturated carbocycles. The van der Waals surface area contributed by atoms with Gasteiger partial charge in [0.15, 0.2) is 0 Å². The number of methoxy groups -OCH3 is 1. The molecule has 3 aromatic rings. The van der Waals surface area contributed by atoms with Gasteiger partial charge in [-0.05, 0) is 72.1 Å². The van der Waals surface area contributed by atoms with Crippen molar-refractivity contribution in [3.63, 3.8) is 0 Å². The molecule has 3 rings (SSSR count). The van der Waals surface area contributed by atoms with Crippen LogP contribution in [0.1, 0.15) is 23.6 Å². The predicted molar refractivity (Wildman–Crippen MR) is 135 cm³/mol. The fraction of sp³-hybridized carbons (Fsp3) is 0.192. The summed E-state index contributed by atoms with van der Waals surface area (Å²) >= 11 is 3.41. The number of halogens is 1. The fourth-order valence-corrected chi connectivity index (χ4v) is 3.22. The van der Waals surface area contributed by atoms with Crippen LogP contribution in [0.25, 0.3) is 0 Å². The van der Waals surface area contributed by atoms with Crippen LogP contribution in [-0.2, 0) is 22.6 Å². The van der Waals surface area contributed by atoms with Crippen LogP contribution in [0.5, 0.6) is 11.5 Å². The Bertz CT molecular complexity index is 1110. The molecular weight excluding hydrogens is 498 g/mol. The predicted octanol–water partition coefficient (Wildman–Crippen LogP) is 4.23. The Balaban J connectivity index is 1.41. The maximum atomic E-state index is 12.2. The van der Waals surface area contributed by atoms with Crippen LogP contribution in [0.2, 0.25) is 0 Å². The molecule has 0 aliphatic heterocycles. The van der Waals surface area contributed by atoms with E-state index in [-0.39, 0.29) is 12.3 Å². The number of benzene rings is 3. The molecule has 1 atom stereocenters. The van der Waals surface area contributed by atoms with Gasteiger partial charge < -0.3 is 14.8 Å². The lowest BCUT2D eigenvalue weighted by Crippen LogP contribution is -2.43. The highest BCUT2D eigenvalue weighted by atomic mass is 79.9. The van der Waals surface area contributed by atoms with E-state index in [0.717, 1.165) is 32.7 Å². The summed E-state index contributed by atoms with van der Waals surface area (Å²) in [5.41, 5.74) is 5.14. The highest BCUT2D eigenvalue weighted by molar-refractivity contribution is 9.10. The van der Waals surface area contributed by atoms with Crippen molar-refractivity contribution < 1.29 is 19.1 Å². The van der Waals surface area contributed by atoms with Crippen molar-refractivity contribution in [2.24, 2.45) is 5.10 Å². The molecule has 176 valence electrons. The molecule has 0 saturated heterocycles. The maximum Gasteiger partial charge on any atom is 0.262 e. The standard InChI is InChI=1S/C26H26BrN3O4/c1-18(29-25(31)15-19-5-11-23(33-2)12-6-19)26(32)30-28-16-20-7-13-24(14-8-20)34-17-21-3-9-22(27)10-4-21/h3-14,16,18H,15,17H2,1-2H3,(H,29,31)(H,30,32). The summed E-state index contributed by atoms with van der Waals surface area (Å²) in [5.74, 6) is 0.791. The van der Waals surface area contributed by atoms with Crippen molar-refractivity contribution >= 4 is 34.0 Å². The third kappa shape index (κ3) is 8.04. The van der Waals surface area contributed by atoms with Crippen LogP contribution in [0.15, 0.2) is 82.4 Å². The minimum absolute atomic E-state index is 0.168. The number of hydrogen-bond donors (Lipinski definition) is 2. The number of rotatable bonds is 10. The molecule has 0 fully saturated rings. The molecule has 2 amide bonds. The summed E-state index contributed by atoms with van der Waals surface area (Å²) in [4.78, 5) is 24.4. The molecule has 0 aliphatic carbocycles. The molecule has 3 aromatic carbocycles. The first-order chi connectivity index (χ1) is 16.4. The van der Waals surface area contributed by atoms with Gasteiger partial charge in [0, 0.05) is 4.47 Å². The Kier molecular flexibility index (Phi) is 9.22. The smallest absolute Gasteiger partial charge is 0.262 e. The van der Waals surface area contributed by atoms with Crippen LogP contribution in [-0.4, -0.2) is 31.2 Å². The second-order valence-electron chi connectivity index (χ2n) is 7.53.